The standard InChI is InChI=1S/C23H27ClN4O2/c24-21-11-8-18(15-25-21)23(30)27-19-9-6-16(7-10-19)22(29)26-14-17-4-3-13-28-12-2-1-5-20(17)28/h6-11,15,17,20H,1-5,12-14H2,(H,26,29)(H,27,30)/t17-,20-/m1/s1. The second-order valence-electron chi connectivity index (χ2n) is 8.11. The van der Waals surface area contributed by atoms with Crippen LogP contribution in [0.15, 0.2) is 42.6 Å². The number of carbonyl (C=O) groups is 2. The Kier molecular flexibility index (Phi) is 6.65. The van der Waals surface area contributed by atoms with Gasteiger partial charge in [0.15, 0.2) is 0 Å². The number of aromatic nitrogens is 1. The van der Waals surface area contributed by atoms with Gasteiger partial charge in [0.2, 0.25) is 0 Å². The van der Waals surface area contributed by atoms with Crippen LogP contribution >= 0.6 is 11.6 Å². The molecule has 4 rings (SSSR count). The van der Waals surface area contributed by atoms with Crippen LogP contribution < -0.4 is 10.6 Å². The third kappa shape index (κ3) is 4.99. The lowest BCUT2D eigenvalue weighted by Gasteiger charge is -2.44. The fourth-order valence-corrected chi connectivity index (χ4v) is 4.67. The molecular weight excluding hydrogens is 400 g/mol. The number of rotatable bonds is 5. The minimum absolute atomic E-state index is 0.0669. The van der Waals surface area contributed by atoms with E-state index in [9.17, 15) is 9.59 Å². The lowest BCUT2D eigenvalue weighted by atomic mass is 9.83. The van der Waals surface area contributed by atoms with Gasteiger partial charge in [-0.3, -0.25) is 9.59 Å². The summed E-state index contributed by atoms with van der Waals surface area (Å²) in [6.45, 7) is 3.13. The molecule has 2 saturated heterocycles. The van der Waals surface area contributed by atoms with Gasteiger partial charge in [0.25, 0.3) is 11.8 Å². The Morgan fingerprint density at radius 2 is 1.73 bits per heavy atom. The summed E-state index contributed by atoms with van der Waals surface area (Å²) in [5.41, 5.74) is 1.64. The summed E-state index contributed by atoms with van der Waals surface area (Å²) in [5.74, 6) is 0.197. The van der Waals surface area contributed by atoms with Crippen LogP contribution in [0.2, 0.25) is 5.15 Å². The number of carbonyl (C=O) groups excluding carboxylic acids is 2. The number of amides is 2. The number of fused-ring (bicyclic) bond motifs is 1. The number of anilines is 1. The molecule has 7 heteroatoms. The Labute approximate surface area is 182 Å². The SMILES string of the molecule is O=C(NC[C@H]1CCCN2CCCC[C@H]12)c1ccc(NC(=O)c2ccc(Cl)nc2)cc1. The first-order valence-corrected chi connectivity index (χ1v) is 11.0. The van der Waals surface area contributed by atoms with Crippen LogP contribution in [0.4, 0.5) is 5.69 Å². The molecule has 30 heavy (non-hydrogen) atoms. The molecule has 6 nitrogen and oxygen atoms in total. The van der Waals surface area contributed by atoms with Crippen LogP contribution in [-0.2, 0) is 0 Å². The predicted octanol–water partition coefficient (Wildman–Crippen LogP) is 3.98. The molecule has 2 fully saturated rings. The molecule has 3 heterocycles. The Hall–Kier alpha value is -2.44. The maximum Gasteiger partial charge on any atom is 0.257 e. The van der Waals surface area contributed by atoms with Crippen LogP contribution in [0.5, 0.6) is 0 Å². The molecule has 0 radical (unpaired) electrons. The van der Waals surface area contributed by atoms with Gasteiger partial charge in [-0.15, -0.1) is 0 Å². The number of nitrogens with one attached hydrogen (secondary N) is 2. The first-order chi connectivity index (χ1) is 14.6. The Balaban J connectivity index is 1.30. The van der Waals surface area contributed by atoms with E-state index in [-0.39, 0.29) is 11.8 Å². The van der Waals surface area contributed by atoms with Gasteiger partial charge >= 0.3 is 0 Å². The number of pyridine rings is 1. The van der Waals surface area contributed by atoms with Crippen molar-refractivity contribution in [1.82, 2.24) is 15.2 Å². The molecule has 2 atom stereocenters. The van der Waals surface area contributed by atoms with Gasteiger partial charge in [-0.05, 0) is 81.1 Å². The summed E-state index contributed by atoms with van der Waals surface area (Å²) in [4.78, 5) is 31.4. The fraction of sp³-hybridized carbons (Fsp3) is 0.435. The van der Waals surface area contributed by atoms with Crippen LogP contribution in [0.25, 0.3) is 0 Å². The molecule has 1 aromatic carbocycles. The minimum Gasteiger partial charge on any atom is -0.352 e. The third-order valence-electron chi connectivity index (χ3n) is 6.15. The van der Waals surface area contributed by atoms with Gasteiger partial charge in [-0.25, -0.2) is 4.98 Å². The van der Waals surface area contributed by atoms with Crippen molar-refractivity contribution < 1.29 is 9.59 Å². The third-order valence-corrected chi connectivity index (χ3v) is 6.37. The molecule has 2 N–H and O–H groups in total. The van der Waals surface area contributed by atoms with Crippen molar-refractivity contribution in [2.45, 2.75) is 38.1 Å². The topological polar surface area (TPSA) is 74.3 Å². The summed E-state index contributed by atoms with van der Waals surface area (Å²) < 4.78 is 0. The van der Waals surface area contributed by atoms with E-state index in [4.69, 9.17) is 11.6 Å². The van der Waals surface area contributed by atoms with Crippen LogP contribution in [0, 0.1) is 5.92 Å². The van der Waals surface area contributed by atoms with E-state index in [1.165, 1.54) is 51.4 Å². The molecule has 158 valence electrons. The van der Waals surface area contributed by atoms with E-state index < -0.39 is 0 Å². The molecule has 0 spiro atoms. The van der Waals surface area contributed by atoms with E-state index in [0.29, 0.717) is 33.9 Å². The summed E-state index contributed by atoms with van der Waals surface area (Å²) >= 11 is 5.75. The second kappa shape index (κ2) is 9.58. The first-order valence-electron chi connectivity index (χ1n) is 10.7. The van der Waals surface area contributed by atoms with E-state index in [1.54, 1.807) is 36.4 Å². The van der Waals surface area contributed by atoms with Crippen molar-refractivity contribution in [3.05, 3.63) is 58.9 Å². The molecule has 2 aromatic rings. The van der Waals surface area contributed by atoms with E-state index in [2.05, 4.69) is 20.5 Å². The average molecular weight is 427 g/mol. The Morgan fingerprint density at radius 3 is 2.50 bits per heavy atom. The molecule has 2 amide bonds. The fourth-order valence-electron chi connectivity index (χ4n) is 4.56. The lowest BCUT2D eigenvalue weighted by molar-refractivity contribution is 0.0575. The van der Waals surface area contributed by atoms with E-state index >= 15 is 0 Å². The van der Waals surface area contributed by atoms with E-state index in [1.807, 2.05) is 0 Å². The van der Waals surface area contributed by atoms with Gasteiger partial charge in [0.1, 0.15) is 5.15 Å². The highest BCUT2D eigenvalue weighted by molar-refractivity contribution is 6.29. The van der Waals surface area contributed by atoms with Crippen molar-refractivity contribution in [2.75, 3.05) is 25.0 Å². The maximum atomic E-state index is 12.6. The molecule has 0 bridgehead atoms. The van der Waals surface area contributed by atoms with Gasteiger partial charge in [-0.2, -0.15) is 0 Å². The molecule has 1 aromatic heterocycles. The van der Waals surface area contributed by atoms with Gasteiger partial charge in [0.05, 0.1) is 5.56 Å². The molecule has 2 aliphatic heterocycles. The zero-order valence-electron chi connectivity index (χ0n) is 16.9. The molecular formula is C23H27ClN4O2. The largest absolute Gasteiger partial charge is 0.352 e. The highest BCUT2D eigenvalue weighted by Gasteiger charge is 2.32. The van der Waals surface area contributed by atoms with Crippen molar-refractivity contribution in [2.24, 2.45) is 5.92 Å². The van der Waals surface area contributed by atoms with Gasteiger partial charge < -0.3 is 15.5 Å². The van der Waals surface area contributed by atoms with Crippen molar-refractivity contribution in [1.29, 1.82) is 0 Å². The Morgan fingerprint density at radius 1 is 0.967 bits per heavy atom. The summed E-state index contributed by atoms with van der Waals surface area (Å²) in [7, 11) is 0. The van der Waals surface area contributed by atoms with Crippen LogP contribution in [-0.4, -0.2) is 47.4 Å². The number of nitrogens with zero attached hydrogens (tertiary/aromatic N) is 2. The highest BCUT2D eigenvalue weighted by atomic mass is 35.5. The summed E-state index contributed by atoms with van der Waals surface area (Å²) in [5, 5.41) is 6.26. The number of benzene rings is 1. The predicted molar refractivity (Wildman–Crippen MR) is 118 cm³/mol. The van der Waals surface area contributed by atoms with Gasteiger partial charge in [-0.1, -0.05) is 18.0 Å². The normalized spacial score (nSPS) is 21.5. The molecule has 0 saturated carbocycles. The monoisotopic (exact) mass is 426 g/mol. The second-order valence-corrected chi connectivity index (χ2v) is 8.50. The minimum atomic E-state index is -0.272. The number of piperidine rings is 2. The summed E-state index contributed by atoms with van der Waals surface area (Å²) in [6, 6.07) is 10.7. The van der Waals surface area contributed by atoms with E-state index in [0.717, 1.165) is 6.54 Å². The van der Waals surface area contributed by atoms with Gasteiger partial charge in [0, 0.05) is 30.0 Å². The lowest BCUT2D eigenvalue weighted by Crippen LogP contribution is -2.51. The number of hydrogen-bond acceptors (Lipinski definition) is 4. The zero-order valence-corrected chi connectivity index (χ0v) is 17.7. The zero-order chi connectivity index (χ0) is 20.9. The average Bonchev–Trinajstić information content (AvgIpc) is 2.78. The first kappa shape index (κ1) is 20.8. The van der Waals surface area contributed by atoms with Crippen molar-refractivity contribution in [3.63, 3.8) is 0 Å². The number of halogens is 1. The highest BCUT2D eigenvalue weighted by Crippen LogP contribution is 2.30. The van der Waals surface area contributed by atoms with Crippen LogP contribution in [0.1, 0.15) is 52.8 Å². The van der Waals surface area contributed by atoms with Crippen molar-refractivity contribution in [3.8, 4) is 0 Å². The molecule has 2 aliphatic rings. The quantitative estimate of drug-likeness (QED) is 0.709. The molecule has 0 unspecified atom stereocenters. The summed E-state index contributed by atoms with van der Waals surface area (Å²) in [6.07, 6.45) is 7.68. The maximum absolute atomic E-state index is 12.6. The smallest absolute Gasteiger partial charge is 0.257 e. The van der Waals surface area contributed by atoms with Crippen molar-refractivity contribution >= 4 is 29.1 Å². The van der Waals surface area contributed by atoms with Crippen LogP contribution in [0.3, 0.4) is 0 Å². The molecule has 0 aliphatic carbocycles. The Bertz CT molecular complexity index is 883. The number of hydrogen-bond donors (Lipinski definition) is 2.